The predicted molar refractivity (Wildman–Crippen MR) is 71.2 cm³/mol. The van der Waals surface area contributed by atoms with Crippen molar-refractivity contribution in [3.8, 4) is 0 Å². The predicted octanol–water partition coefficient (Wildman–Crippen LogP) is 3.24. The maximum absolute atomic E-state index is 11.5. The summed E-state index contributed by atoms with van der Waals surface area (Å²) in [6, 6.07) is 11.9. The van der Waals surface area contributed by atoms with E-state index in [1.807, 2.05) is 30.3 Å². The molecule has 0 aliphatic carbocycles. The van der Waals surface area contributed by atoms with Crippen LogP contribution in [0.3, 0.4) is 0 Å². The Bertz CT molecular complexity index is 579. The van der Waals surface area contributed by atoms with Crippen LogP contribution in [0, 0.1) is 0 Å². The number of carbonyl (C=O) groups excluding carboxylic acids is 1. The minimum Gasteiger partial charge on any atom is -0.366 e. The van der Waals surface area contributed by atoms with E-state index in [0.717, 1.165) is 16.3 Å². The lowest BCUT2D eigenvalue weighted by molar-refractivity contribution is 0.100. The molecule has 0 aliphatic rings. The maximum Gasteiger partial charge on any atom is 0.249 e. The van der Waals surface area contributed by atoms with Crippen molar-refractivity contribution in [3.63, 3.8) is 0 Å². The van der Waals surface area contributed by atoms with Crippen LogP contribution in [0.4, 0.5) is 0 Å². The van der Waals surface area contributed by atoms with Gasteiger partial charge in [0, 0.05) is 5.56 Å². The summed E-state index contributed by atoms with van der Waals surface area (Å²) in [7, 11) is 0. The van der Waals surface area contributed by atoms with Gasteiger partial charge in [0.15, 0.2) is 0 Å². The standard InChI is InChI=1S/C15H17NO/c1-15(2,3)11-8-10-6-4-5-7-12(10)13(9-11)14(16)17/h4-9H,1-3H3,(H2,16,17). The van der Waals surface area contributed by atoms with Gasteiger partial charge in [-0.05, 0) is 27.8 Å². The first-order chi connectivity index (χ1) is 7.89. The molecule has 0 bridgehead atoms. The van der Waals surface area contributed by atoms with Crippen molar-refractivity contribution in [1.29, 1.82) is 0 Å². The van der Waals surface area contributed by atoms with Gasteiger partial charge >= 0.3 is 0 Å². The van der Waals surface area contributed by atoms with E-state index in [1.54, 1.807) is 0 Å². The lowest BCUT2D eigenvalue weighted by Gasteiger charge is -2.20. The molecule has 2 N–H and O–H groups in total. The van der Waals surface area contributed by atoms with Crippen LogP contribution >= 0.6 is 0 Å². The highest BCUT2D eigenvalue weighted by Gasteiger charge is 2.17. The van der Waals surface area contributed by atoms with Crippen molar-refractivity contribution in [3.05, 3.63) is 47.5 Å². The van der Waals surface area contributed by atoms with E-state index in [4.69, 9.17) is 5.73 Å². The van der Waals surface area contributed by atoms with Crippen LogP contribution in [0.25, 0.3) is 10.8 Å². The number of carbonyl (C=O) groups is 1. The Morgan fingerprint density at radius 2 is 1.76 bits per heavy atom. The van der Waals surface area contributed by atoms with Crippen LogP contribution in [0.15, 0.2) is 36.4 Å². The molecule has 0 heterocycles. The van der Waals surface area contributed by atoms with Crippen LogP contribution in [0.2, 0.25) is 0 Å². The van der Waals surface area contributed by atoms with Gasteiger partial charge in [0.05, 0.1) is 0 Å². The molecule has 0 spiro atoms. The molecule has 17 heavy (non-hydrogen) atoms. The SMILES string of the molecule is CC(C)(C)c1cc(C(N)=O)c2ccccc2c1. The molecule has 2 aromatic carbocycles. The average Bonchev–Trinajstić information content (AvgIpc) is 2.26. The third kappa shape index (κ3) is 2.16. The van der Waals surface area contributed by atoms with E-state index in [0.29, 0.717) is 5.56 Å². The Morgan fingerprint density at radius 3 is 2.35 bits per heavy atom. The summed E-state index contributed by atoms with van der Waals surface area (Å²) in [6.45, 7) is 6.38. The summed E-state index contributed by atoms with van der Waals surface area (Å²) in [5.74, 6) is -0.368. The smallest absolute Gasteiger partial charge is 0.249 e. The molecule has 0 aromatic heterocycles. The fraction of sp³-hybridized carbons (Fsp3) is 0.267. The van der Waals surface area contributed by atoms with E-state index in [1.165, 1.54) is 0 Å². The number of benzene rings is 2. The fourth-order valence-corrected chi connectivity index (χ4v) is 1.95. The van der Waals surface area contributed by atoms with Gasteiger partial charge < -0.3 is 5.73 Å². The van der Waals surface area contributed by atoms with Gasteiger partial charge in [-0.15, -0.1) is 0 Å². The number of nitrogens with two attached hydrogens (primary N) is 1. The first-order valence-corrected chi connectivity index (χ1v) is 5.72. The van der Waals surface area contributed by atoms with Gasteiger partial charge in [-0.3, -0.25) is 4.79 Å². The highest BCUT2D eigenvalue weighted by Crippen LogP contribution is 2.28. The molecule has 0 saturated carbocycles. The third-order valence-electron chi connectivity index (χ3n) is 2.99. The molecule has 0 fully saturated rings. The van der Waals surface area contributed by atoms with E-state index in [9.17, 15) is 4.79 Å². The van der Waals surface area contributed by atoms with Crippen molar-refractivity contribution < 1.29 is 4.79 Å². The molecule has 0 unspecified atom stereocenters. The summed E-state index contributed by atoms with van der Waals surface area (Å²) in [4.78, 5) is 11.5. The van der Waals surface area contributed by atoms with Crippen LogP contribution < -0.4 is 5.73 Å². The van der Waals surface area contributed by atoms with Gasteiger partial charge in [-0.25, -0.2) is 0 Å². The monoisotopic (exact) mass is 227 g/mol. The van der Waals surface area contributed by atoms with Crippen molar-refractivity contribution in [2.45, 2.75) is 26.2 Å². The summed E-state index contributed by atoms with van der Waals surface area (Å²) < 4.78 is 0. The zero-order valence-corrected chi connectivity index (χ0v) is 10.4. The van der Waals surface area contributed by atoms with Gasteiger partial charge in [-0.2, -0.15) is 0 Å². The zero-order chi connectivity index (χ0) is 12.6. The first kappa shape index (κ1) is 11.6. The maximum atomic E-state index is 11.5. The summed E-state index contributed by atoms with van der Waals surface area (Å²) in [6.07, 6.45) is 0. The second kappa shape index (κ2) is 3.88. The largest absolute Gasteiger partial charge is 0.366 e. The second-order valence-electron chi connectivity index (χ2n) is 5.36. The fourth-order valence-electron chi connectivity index (χ4n) is 1.95. The Labute approximate surface area is 101 Å². The summed E-state index contributed by atoms with van der Waals surface area (Å²) in [5.41, 5.74) is 7.20. The average molecular weight is 227 g/mol. The van der Waals surface area contributed by atoms with E-state index in [2.05, 4.69) is 26.8 Å². The minimum atomic E-state index is -0.368. The topological polar surface area (TPSA) is 43.1 Å². The van der Waals surface area contributed by atoms with E-state index < -0.39 is 0 Å². The number of fused-ring (bicyclic) bond motifs is 1. The van der Waals surface area contributed by atoms with Crippen molar-refractivity contribution >= 4 is 16.7 Å². The zero-order valence-electron chi connectivity index (χ0n) is 10.4. The highest BCUT2D eigenvalue weighted by atomic mass is 16.1. The van der Waals surface area contributed by atoms with Crippen molar-refractivity contribution in [2.75, 3.05) is 0 Å². The molecule has 2 heteroatoms. The third-order valence-corrected chi connectivity index (χ3v) is 2.99. The molecule has 0 saturated heterocycles. The molecule has 1 amide bonds. The first-order valence-electron chi connectivity index (χ1n) is 5.72. The van der Waals surface area contributed by atoms with Crippen LogP contribution in [-0.2, 0) is 5.41 Å². The normalized spacial score (nSPS) is 11.7. The Kier molecular flexibility index (Phi) is 2.66. The summed E-state index contributed by atoms with van der Waals surface area (Å²) in [5, 5.41) is 1.99. The molecular formula is C15H17NO. The minimum absolute atomic E-state index is 0.00817. The molecule has 2 rings (SSSR count). The van der Waals surface area contributed by atoms with Gasteiger partial charge in [0.25, 0.3) is 0 Å². The Balaban J connectivity index is 2.81. The van der Waals surface area contributed by atoms with Gasteiger partial charge in [0.1, 0.15) is 0 Å². The lowest BCUT2D eigenvalue weighted by Crippen LogP contribution is -2.16. The van der Waals surface area contributed by atoms with Crippen molar-refractivity contribution in [2.24, 2.45) is 5.73 Å². The highest BCUT2D eigenvalue weighted by molar-refractivity contribution is 6.06. The summed E-state index contributed by atoms with van der Waals surface area (Å²) >= 11 is 0. The molecule has 0 atom stereocenters. The molecule has 0 radical (unpaired) electrons. The number of hydrogen-bond donors (Lipinski definition) is 1. The molecule has 88 valence electrons. The molecular weight excluding hydrogens is 210 g/mol. The molecule has 2 aromatic rings. The van der Waals surface area contributed by atoms with Crippen molar-refractivity contribution in [1.82, 2.24) is 0 Å². The second-order valence-corrected chi connectivity index (χ2v) is 5.36. The van der Waals surface area contributed by atoms with Crippen LogP contribution in [-0.4, -0.2) is 5.91 Å². The van der Waals surface area contributed by atoms with Gasteiger partial charge in [-0.1, -0.05) is 51.1 Å². The molecule has 0 aliphatic heterocycles. The van der Waals surface area contributed by atoms with Gasteiger partial charge in [0.2, 0.25) is 5.91 Å². The molecule has 2 nitrogen and oxygen atoms in total. The lowest BCUT2D eigenvalue weighted by atomic mass is 9.84. The van der Waals surface area contributed by atoms with Crippen LogP contribution in [0.1, 0.15) is 36.7 Å². The number of amides is 1. The Morgan fingerprint density at radius 1 is 1.12 bits per heavy atom. The number of rotatable bonds is 1. The number of hydrogen-bond acceptors (Lipinski definition) is 1. The quantitative estimate of drug-likeness (QED) is 0.798. The van der Waals surface area contributed by atoms with E-state index in [-0.39, 0.29) is 11.3 Å². The van der Waals surface area contributed by atoms with Crippen LogP contribution in [0.5, 0.6) is 0 Å². The van der Waals surface area contributed by atoms with E-state index >= 15 is 0 Å². The Hall–Kier alpha value is -1.83. The number of primary amides is 1.